The van der Waals surface area contributed by atoms with E-state index in [0.717, 1.165) is 18.5 Å². The van der Waals surface area contributed by atoms with Gasteiger partial charge in [-0.25, -0.2) is 4.98 Å². The zero-order valence-electron chi connectivity index (χ0n) is 12.6. The summed E-state index contributed by atoms with van der Waals surface area (Å²) >= 11 is 0. The van der Waals surface area contributed by atoms with Gasteiger partial charge in [-0.3, -0.25) is 9.59 Å². The first-order valence-corrected chi connectivity index (χ1v) is 6.88. The van der Waals surface area contributed by atoms with Crippen molar-refractivity contribution < 1.29 is 27.1 Å². The molecule has 0 aliphatic rings. The number of aromatic nitrogens is 2. The first-order chi connectivity index (χ1) is 11.7. The van der Waals surface area contributed by atoms with Crippen LogP contribution < -0.4 is 15.6 Å². The van der Waals surface area contributed by atoms with E-state index in [0.29, 0.717) is 0 Å². The molecule has 1 amide bonds. The zero-order chi connectivity index (χ0) is 18.2. The third-order valence-electron chi connectivity index (χ3n) is 3.24. The molecule has 7 nitrogen and oxygen atoms in total. The highest BCUT2D eigenvalue weighted by atomic mass is 19.4. The number of anilines is 1. The predicted octanol–water partition coefficient (Wildman–Crippen LogP) is 2.98. The molecular weight excluding hydrogens is 343 g/mol. The average molecular weight is 353 g/mol. The number of furan rings is 1. The molecule has 0 saturated carbocycles. The second kappa shape index (κ2) is 5.96. The summed E-state index contributed by atoms with van der Waals surface area (Å²) in [6.45, 7) is 1.50. The number of benzene rings is 1. The Kier molecular flexibility index (Phi) is 3.95. The van der Waals surface area contributed by atoms with Crippen LogP contribution in [0.5, 0.6) is 5.75 Å². The van der Waals surface area contributed by atoms with Gasteiger partial charge in [-0.05, 0) is 31.2 Å². The predicted molar refractivity (Wildman–Crippen MR) is 80.4 cm³/mol. The van der Waals surface area contributed by atoms with Crippen LogP contribution in [0.3, 0.4) is 0 Å². The van der Waals surface area contributed by atoms with Gasteiger partial charge >= 0.3 is 6.36 Å². The van der Waals surface area contributed by atoms with Gasteiger partial charge in [0.2, 0.25) is 5.71 Å². The summed E-state index contributed by atoms with van der Waals surface area (Å²) in [6, 6.07) is 4.58. The van der Waals surface area contributed by atoms with Crippen LogP contribution in [0.15, 0.2) is 39.8 Å². The van der Waals surface area contributed by atoms with E-state index in [4.69, 9.17) is 4.42 Å². The van der Waals surface area contributed by atoms with Gasteiger partial charge in [-0.2, -0.15) is 0 Å². The maximum Gasteiger partial charge on any atom is 0.573 e. The molecule has 25 heavy (non-hydrogen) atoms. The number of fused-ring (bicyclic) bond motifs is 1. The Balaban J connectivity index is 1.86. The van der Waals surface area contributed by atoms with Crippen molar-refractivity contribution in [1.29, 1.82) is 0 Å². The number of nitrogens with zero attached hydrogens (tertiary/aromatic N) is 1. The molecule has 10 heteroatoms. The summed E-state index contributed by atoms with van der Waals surface area (Å²) in [5, 5.41) is 2.47. The average Bonchev–Trinajstić information content (AvgIpc) is 2.85. The number of H-pyrrole nitrogens is 1. The van der Waals surface area contributed by atoms with Crippen molar-refractivity contribution in [2.45, 2.75) is 13.3 Å². The number of aryl methyl sites for hydroxylation is 1. The van der Waals surface area contributed by atoms with Gasteiger partial charge in [0.1, 0.15) is 16.9 Å². The van der Waals surface area contributed by atoms with Gasteiger partial charge < -0.3 is 19.5 Å². The number of carbonyl (C=O) groups excluding carboxylic acids is 1. The largest absolute Gasteiger partial charge is 0.573 e. The van der Waals surface area contributed by atoms with Crippen LogP contribution in [-0.2, 0) is 0 Å². The Bertz CT molecular complexity index is 990. The molecule has 130 valence electrons. The summed E-state index contributed by atoms with van der Waals surface area (Å²) < 4.78 is 45.4. The van der Waals surface area contributed by atoms with E-state index >= 15 is 0 Å². The van der Waals surface area contributed by atoms with Crippen molar-refractivity contribution in [1.82, 2.24) is 9.97 Å². The van der Waals surface area contributed by atoms with E-state index in [1.807, 2.05) is 0 Å². The number of nitrogens with one attached hydrogen (secondary N) is 2. The molecule has 0 spiro atoms. The number of ether oxygens (including phenoxy) is 1. The number of alkyl halides is 3. The minimum Gasteiger partial charge on any atom is -0.442 e. The second-order valence-electron chi connectivity index (χ2n) is 4.97. The Hall–Kier alpha value is -3.30. The van der Waals surface area contributed by atoms with Gasteiger partial charge in [0, 0.05) is 5.69 Å². The Morgan fingerprint density at radius 3 is 2.60 bits per heavy atom. The molecular formula is C15H10F3N3O4. The summed E-state index contributed by atoms with van der Waals surface area (Å²) in [6.07, 6.45) is -3.65. The summed E-state index contributed by atoms with van der Waals surface area (Å²) in [5.41, 5.74) is -0.310. The molecule has 0 bridgehead atoms. The first-order valence-electron chi connectivity index (χ1n) is 6.88. The third-order valence-corrected chi connectivity index (χ3v) is 3.24. The van der Waals surface area contributed by atoms with E-state index in [2.05, 4.69) is 20.0 Å². The zero-order valence-corrected chi connectivity index (χ0v) is 12.6. The fourth-order valence-corrected chi connectivity index (χ4v) is 2.26. The molecule has 2 aromatic heterocycles. The summed E-state index contributed by atoms with van der Waals surface area (Å²) in [5.74, 6) is -0.885. The molecule has 0 aliphatic heterocycles. The molecule has 0 unspecified atom stereocenters. The SMILES string of the molecule is Cc1oc2nc[nH]c(=O)c2c1C(=O)Nc1ccc(OC(F)(F)F)cc1. The minimum absolute atomic E-state index is 0.0000296. The lowest BCUT2D eigenvalue weighted by molar-refractivity contribution is -0.274. The molecule has 3 rings (SSSR count). The topological polar surface area (TPSA) is 97.2 Å². The summed E-state index contributed by atoms with van der Waals surface area (Å²) in [7, 11) is 0. The fourth-order valence-electron chi connectivity index (χ4n) is 2.26. The first kappa shape index (κ1) is 16.6. The highest BCUT2D eigenvalue weighted by Gasteiger charge is 2.31. The van der Waals surface area contributed by atoms with E-state index in [9.17, 15) is 22.8 Å². The molecule has 2 heterocycles. The highest BCUT2D eigenvalue weighted by molar-refractivity contribution is 6.12. The summed E-state index contributed by atoms with van der Waals surface area (Å²) in [4.78, 5) is 30.5. The lowest BCUT2D eigenvalue weighted by Crippen LogP contribution is -2.17. The Labute approximate surface area is 137 Å². The van der Waals surface area contributed by atoms with Crippen LogP contribution in [0.4, 0.5) is 18.9 Å². The molecule has 2 N–H and O–H groups in total. The minimum atomic E-state index is -4.80. The van der Waals surface area contributed by atoms with Crippen molar-refractivity contribution in [3.8, 4) is 5.75 Å². The van der Waals surface area contributed by atoms with Crippen LogP contribution in [0, 0.1) is 6.92 Å². The van der Waals surface area contributed by atoms with E-state index < -0.39 is 23.6 Å². The van der Waals surface area contributed by atoms with E-state index in [1.165, 1.54) is 19.1 Å². The smallest absolute Gasteiger partial charge is 0.442 e. The lowest BCUT2D eigenvalue weighted by atomic mass is 10.1. The number of hydrogen-bond acceptors (Lipinski definition) is 5. The van der Waals surface area contributed by atoms with Crippen molar-refractivity contribution >= 4 is 22.7 Å². The molecule has 0 fully saturated rings. The van der Waals surface area contributed by atoms with Crippen LogP contribution in [0.25, 0.3) is 11.1 Å². The standard InChI is InChI=1S/C15H10F3N3O4/c1-7-10(11-12(22)19-6-20-14(11)24-7)13(23)21-8-2-4-9(5-3-8)25-15(16,17)18/h2-6H,1H3,(H,21,23)(H,19,20,22). The molecule has 0 atom stereocenters. The normalized spacial score (nSPS) is 11.5. The Morgan fingerprint density at radius 1 is 1.28 bits per heavy atom. The van der Waals surface area contributed by atoms with Gasteiger partial charge in [0.15, 0.2) is 0 Å². The van der Waals surface area contributed by atoms with Gasteiger partial charge in [-0.15, -0.1) is 13.2 Å². The van der Waals surface area contributed by atoms with Crippen molar-refractivity contribution in [3.05, 3.63) is 52.3 Å². The van der Waals surface area contributed by atoms with Crippen molar-refractivity contribution in [2.75, 3.05) is 5.32 Å². The number of hydrogen-bond donors (Lipinski definition) is 2. The molecule has 0 aliphatic carbocycles. The number of carbonyl (C=O) groups is 1. The van der Waals surface area contributed by atoms with Gasteiger partial charge in [0.25, 0.3) is 11.5 Å². The number of aromatic amines is 1. The maximum atomic E-state index is 12.4. The fraction of sp³-hybridized carbons (Fsp3) is 0.133. The monoisotopic (exact) mass is 353 g/mol. The van der Waals surface area contributed by atoms with Crippen LogP contribution >= 0.6 is 0 Å². The second-order valence-corrected chi connectivity index (χ2v) is 4.97. The molecule has 0 saturated heterocycles. The lowest BCUT2D eigenvalue weighted by Gasteiger charge is -2.09. The Morgan fingerprint density at radius 2 is 1.96 bits per heavy atom. The quantitative estimate of drug-likeness (QED) is 0.754. The number of halogens is 3. The highest BCUT2D eigenvalue weighted by Crippen LogP contribution is 2.25. The van der Waals surface area contributed by atoms with Crippen LogP contribution in [-0.4, -0.2) is 22.2 Å². The third kappa shape index (κ3) is 3.47. The molecule has 3 aromatic rings. The van der Waals surface area contributed by atoms with Crippen LogP contribution in [0.2, 0.25) is 0 Å². The van der Waals surface area contributed by atoms with Crippen molar-refractivity contribution in [2.24, 2.45) is 0 Å². The molecule has 1 aromatic carbocycles. The van der Waals surface area contributed by atoms with E-state index in [1.54, 1.807) is 0 Å². The molecule has 0 radical (unpaired) electrons. The van der Waals surface area contributed by atoms with Crippen LogP contribution in [0.1, 0.15) is 16.1 Å². The van der Waals surface area contributed by atoms with Crippen molar-refractivity contribution in [3.63, 3.8) is 0 Å². The van der Waals surface area contributed by atoms with E-state index in [-0.39, 0.29) is 28.1 Å². The van der Waals surface area contributed by atoms with Gasteiger partial charge in [-0.1, -0.05) is 0 Å². The number of rotatable bonds is 3. The maximum absolute atomic E-state index is 12.4. The van der Waals surface area contributed by atoms with Gasteiger partial charge in [0.05, 0.1) is 11.9 Å². The number of amides is 1.